The van der Waals surface area contributed by atoms with Crippen LogP contribution in [-0.2, 0) is 11.2 Å². The zero-order valence-corrected chi connectivity index (χ0v) is 11.6. The standard InChI is InChI=1S/C14H14N2O2S/c1-8-9(2)18-14(15-8)16-13(17)12-7-10-5-3-4-6-11(10)19-12/h3-6,12H,7H2,1-2H3,(H,15,16,17). The highest BCUT2D eigenvalue weighted by molar-refractivity contribution is 8.01. The van der Waals surface area contributed by atoms with Gasteiger partial charge in [-0.3, -0.25) is 10.1 Å². The van der Waals surface area contributed by atoms with Crippen LogP contribution >= 0.6 is 11.8 Å². The summed E-state index contributed by atoms with van der Waals surface area (Å²) in [5.41, 5.74) is 2.03. The molecule has 0 aliphatic carbocycles. The van der Waals surface area contributed by atoms with Crippen molar-refractivity contribution in [3.63, 3.8) is 0 Å². The zero-order chi connectivity index (χ0) is 13.4. The third-order valence-corrected chi connectivity index (χ3v) is 4.52. The first-order chi connectivity index (χ1) is 9.13. The second kappa shape index (κ2) is 4.74. The molecule has 3 rings (SSSR count). The van der Waals surface area contributed by atoms with Gasteiger partial charge in [0, 0.05) is 4.90 Å². The molecule has 1 N–H and O–H groups in total. The van der Waals surface area contributed by atoms with Crippen LogP contribution in [0.25, 0.3) is 0 Å². The summed E-state index contributed by atoms with van der Waals surface area (Å²) in [7, 11) is 0. The summed E-state index contributed by atoms with van der Waals surface area (Å²) in [4.78, 5) is 17.5. The van der Waals surface area contributed by atoms with Crippen LogP contribution in [0.15, 0.2) is 33.6 Å². The van der Waals surface area contributed by atoms with Gasteiger partial charge in [0.05, 0.1) is 10.9 Å². The molecular weight excluding hydrogens is 260 g/mol. The number of anilines is 1. The van der Waals surface area contributed by atoms with Crippen LogP contribution < -0.4 is 5.32 Å². The smallest absolute Gasteiger partial charge is 0.301 e. The molecule has 1 amide bonds. The van der Waals surface area contributed by atoms with Crippen molar-refractivity contribution in [3.8, 4) is 0 Å². The lowest BCUT2D eigenvalue weighted by Crippen LogP contribution is -2.24. The molecule has 0 fully saturated rings. The van der Waals surface area contributed by atoms with Crippen molar-refractivity contribution in [3.05, 3.63) is 41.3 Å². The Morgan fingerprint density at radius 3 is 2.89 bits per heavy atom. The van der Waals surface area contributed by atoms with Gasteiger partial charge in [-0.05, 0) is 31.9 Å². The molecule has 1 aromatic carbocycles. The predicted molar refractivity (Wildman–Crippen MR) is 74.4 cm³/mol. The van der Waals surface area contributed by atoms with E-state index in [1.54, 1.807) is 11.8 Å². The maximum Gasteiger partial charge on any atom is 0.301 e. The average Bonchev–Trinajstić information content (AvgIpc) is 2.93. The minimum Gasteiger partial charge on any atom is -0.428 e. The Morgan fingerprint density at radius 2 is 2.21 bits per heavy atom. The first-order valence-corrected chi connectivity index (χ1v) is 7.01. The molecule has 0 radical (unpaired) electrons. The Hall–Kier alpha value is -1.75. The molecule has 1 aliphatic heterocycles. The Morgan fingerprint density at radius 1 is 1.42 bits per heavy atom. The fraction of sp³-hybridized carbons (Fsp3) is 0.286. The Bertz CT molecular complexity index is 592. The molecule has 0 saturated carbocycles. The summed E-state index contributed by atoms with van der Waals surface area (Å²) < 4.78 is 5.37. The molecule has 4 nitrogen and oxygen atoms in total. The van der Waals surface area contributed by atoms with Crippen molar-refractivity contribution in [2.45, 2.75) is 30.4 Å². The van der Waals surface area contributed by atoms with Crippen LogP contribution in [0.2, 0.25) is 0 Å². The van der Waals surface area contributed by atoms with E-state index in [9.17, 15) is 4.79 Å². The van der Waals surface area contributed by atoms with Crippen LogP contribution in [0.3, 0.4) is 0 Å². The largest absolute Gasteiger partial charge is 0.428 e. The van der Waals surface area contributed by atoms with Crippen LogP contribution in [-0.4, -0.2) is 16.1 Å². The lowest BCUT2D eigenvalue weighted by Gasteiger charge is -2.06. The minimum absolute atomic E-state index is 0.0533. The summed E-state index contributed by atoms with van der Waals surface area (Å²) in [6.45, 7) is 3.69. The molecule has 2 heterocycles. The van der Waals surface area contributed by atoms with E-state index in [0.717, 1.165) is 17.9 Å². The maximum absolute atomic E-state index is 12.2. The first kappa shape index (κ1) is 12.3. The Labute approximate surface area is 115 Å². The molecule has 0 saturated heterocycles. The summed E-state index contributed by atoms with van der Waals surface area (Å²) in [5, 5.41) is 2.64. The molecule has 0 bridgehead atoms. The number of aromatic nitrogens is 1. The number of aryl methyl sites for hydroxylation is 2. The highest BCUT2D eigenvalue weighted by Crippen LogP contribution is 2.37. The van der Waals surface area contributed by atoms with Gasteiger partial charge in [0.25, 0.3) is 0 Å². The number of hydrogen-bond acceptors (Lipinski definition) is 4. The number of thioether (sulfide) groups is 1. The quantitative estimate of drug-likeness (QED) is 0.914. The molecule has 2 aromatic rings. The van der Waals surface area contributed by atoms with Gasteiger partial charge in [-0.15, -0.1) is 11.8 Å². The van der Waals surface area contributed by atoms with Crippen LogP contribution in [0.5, 0.6) is 0 Å². The Kier molecular flexibility index (Phi) is 3.06. The van der Waals surface area contributed by atoms with E-state index in [2.05, 4.69) is 16.4 Å². The number of amides is 1. The molecule has 1 aromatic heterocycles. The first-order valence-electron chi connectivity index (χ1n) is 6.13. The van der Waals surface area contributed by atoms with E-state index in [-0.39, 0.29) is 17.2 Å². The number of oxazole rings is 1. The van der Waals surface area contributed by atoms with E-state index < -0.39 is 0 Å². The molecule has 0 spiro atoms. The number of nitrogens with zero attached hydrogens (tertiary/aromatic N) is 1. The third-order valence-electron chi connectivity index (χ3n) is 3.20. The Balaban J connectivity index is 1.70. The van der Waals surface area contributed by atoms with Crippen molar-refractivity contribution in [2.24, 2.45) is 0 Å². The van der Waals surface area contributed by atoms with Crippen molar-refractivity contribution in [1.82, 2.24) is 4.98 Å². The summed E-state index contributed by atoms with van der Waals surface area (Å²) >= 11 is 1.59. The van der Waals surface area contributed by atoms with Crippen molar-refractivity contribution >= 4 is 23.7 Å². The molecule has 98 valence electrons. The second-order valence-corrected chi connectivity index (χ2v) is 5.81. The van der Waals surface area contributed by atoms with Crippen molar-refractivity contribution in [1.29, 1.82) is 0 Å². The SMILES string of the molecule is Cc1nc(NC(=O)C2Cc3ccccc3S2)oc1C. The van der Waals surface area contributed by atoms with E-state index >= 15 is 0 Å². The second-order valence-electron chi connectivity index (χ2n) is 4.57. The summed E-state index contributed by atoms with van der Waals surface area (Å²) in [6.07, 6.45) is 0.755. The van der Waals surface area contributed by atoms with E-state index in [4.69, 9.17) is 4.42 Å². The van der Waals surface area contributed by atoms with Gasteiger partial charge in [-0.2, -0.15) is 4.98 Å². The zero-order valence-electron chi connectivity index (χ0n) is 10.8. The number of carbonyl (C=O) groups is 1. The predicted octanol–water partition coefficient (Wildman–Crippen LogP) is 2.95. The molecule has 1 aliphatic rings. The van der Waals surface area contributed by atoms with Crippen LogP contribution in [0.4, 0.5) is 6.01 Å². The fourth-order valence-corrected chi connectivity index (χ4v) is 3.24. The molecule has 1 atom stereocenters. The average molecular weight is 274 g/mol. The number of fused-ring (bicyclic) bond motifs is 1. The van der Waals surface area contributed by atoms with Gasteiger partial charge < -0.3 is 4.42 Å². The van der Waals surface area contributed by atoms with E-state index in [1.807, 2.05) is 32.0 Å². The minimum atomic E-state index is -0.107. The molecule has 19 heavy (non-hydrogen) atoms. The van der Waals surface area contributed by atoms with Crippen LogP contribution in [0, 0.1) is 13.8 Å². The maximum atomic E-state index is 12.2. The monoisotopic (exact) mass is 274 g/mol. The number of hydrogen-bond donors (Lipinski definition) is 1. The van der Waals surface area contributed by atoms with Crippen molar-refractivity contribution < 1.29 is 9.21 Å². The highest BCUT2D eigenvalue weighted by Gasteiger charge is 2.28. The number of rotatable bonds is 2. The molecular formula is C14H14N2O2S. The topological polar surface area (TPSA) is 55.1 Å². The van der Waals surface area contributed by atoms with Crippen LogP contribution in [0.1, 0.15) is 17.0 Å². The number of carbonyl (C=O) groups excluding carboxylic acids is 1. The van der Waals surface area contributed by atoms with Gasteiger partial charge in [0.2, 0.25) is 5.91 Å². The van der Waals surface area contributed by atoms with Gasteiger partial charge >= 0.3 is 6.01 Å². The normalized spacial score (nSPS) is 17.3. The van der Waals surface area contributed by atoms with Gasteiger partial charge in [-0.25, -0.2) is 0 Å². The lowest BCUT2D eigenvalue weighted by molar-refractivity contribution is -0.115. The summed E-state index contributed by atoms with van der Waals surface area (Å²) in [5.74, 6) is 0.681. The molecule has 1 unspecified atom stereocenters. The van der Waals surface area contributed by atoms with Gasteiger partial charge in [0.1, 0.15) is 5.76 Å². The number of benzene rings is 1. The number of nitrogens with one attached hydrogen (secondary N) is 1. The highest BCUT2D eigenvalue weighted by atomic mass is 32.2. The lowest BCUT2D eigenvalue weighted by atomic mass is 10.1. The summed E-state index contributed by atoms with van der Waals surface area (Å²) in [6, 6.07) is 8.39. The van der Waals surface area contributed by atoms with E-state index in [0.29, 0.717) is 0 Å². The molecule has 5 heteroatoms. The van der Waals surface area contributed by atoms with Crippen molar-refractivity contribution in [2.75, 3.05) is 5.32 Å². The van der Waals surface area contributed by atoms with Gasteiger partial charge in [-0.1, -0.05) is 18.2 Å². The third kappa shape index (κ3) is 2.38. The fourth-order valence-electron chi connectivity index (χ4n) is 2.04. The van der Waals surface area contributed by atoms with Gasteiger partial charge in [0.15, 0.2) is 0 Å². The van der Waals surface area contributed by atoms with E-state index in [1.165, 1.54) is 10.5 Å².